The SMILES string of the molecule is CCCCC(CC)C(=O)[O-].CCCCC(CC)C(=O)[O-].CCCCC(CC)C(=O)[O-].O=C=O.[Rh+3]. The van der Waals surface area contributed by atoms with Crippen LogP contribution >= 0.6 is 0 Å². The molecule has 8 nitrogen and oxygen atoms in total. The van der Waals surface area contributed by atoms with E-state index in [1.807, 2.05) is 20.8 Å². The zero-order valence-electron chi connectivity index (χ0n) is 21.8. The van der Waals surface area contributed by atoms with Gasteiger partial charge in [0, 0.05) is 17.9 Å². The van der Waals surface area contributed by atoms with E-state index >= 15 is 0 Å². The van der Waals surface area contributed by atoms with Gasteiger partial charge in [0.25, 0.3) is 0 Å². The second kappa shape index (κ2) is 33.6. The van der Waals surface area contributed by atoms with Crippen LogP contribution in [-0.4, -0.2) is 24.1 Å². The van der Waals surface area contributed by atoms with Gasteiger partial charge < -0.3 is 29.7 Å². The summed E-state index contributed by atoms with van der Waals surface area (Å²) < 4.78 is 0. The van der Waals surface area contributed by atoms with Crippen LogP contribution in [0, 0.1) is 17.8 Å². The van der Waals surface area contributed by atoms with Crippen molar-refractivity contribution in [2.24, 2.45) is 17.8 Å². The van der Waals surface area contributed by atoms with E-state index in [0.29, 0.717) is 19.3 Å². The first-order chi connectivity index (χ1) is 15.6. The van der Waals surface area contributed by atoms with Crippen LogP contribution in [0.25, 0.3) is 0 Å². The smallest absolute Gasteiger partial charge is 0.550 e. The first kappa shape index (κ1) is 42.6. The molecule has 0 aromatic rings. The Balaban J connectivity index is -0.000000115. The van der Waals surface area contributed by atoms with E-state index in [0.717, 1.165) is 57.8 Å². The largest absolute Gasteiger partial charge is 3.00 e. The fraction of sp³-hybridized carbons (Fsp3) is 0.840. The fourth-order valence-electron chi connectivity index (χ4n) is 2.82. The summed E-state index contributed by atoms with van der Waals surface area (Å²) in [6.07, 6.45) is 10.8. The summed E-state index contributed by atoms with van der Waals surface area (Å²) in [5, 5.41) is 31.0. The van der Waals surface area contributed by atoms with Crippen molar-refractivity contribution in [1.82, 2.24) is 0 Å². The van der Waals surface area contributed by atoms with E-state index in [2.05, 4.69) is 20.8 Å². The molecule has 9 heteroatoms. The van der Waals surface area contributed by atoms with E-state index in [1.54, 1.807) is 0 Å². The number of carboxylic acids is 3. The van der Waals surface area contributed by atoms with Gasteiger partial charge in [-0.25, -0.2) is 0 Å². The first-order valence-electron chi connectivity index (χ1n) is 12.2. The summed E-state index contributed by atoms with van der Waals surface area (Å²) in [6, 6.07) is 0. The summed E-state index contributed by atoms with van der Waals surface area (Å²) in [6.45, 7) is 11.8. The second-order valence-electron chi connectivity index (χ2n) is 7.78. The van der Waals surface area contributed by atoms with Gasteiger partial charge in [0.05, 0.1) is 0 Å². The molecule has 0 rings (SSSR count). The van der Waals surface area contributed by atoms with Crippen LogP contribution < -0.4 is 15.3 Å². The van der Waals surface area contributed by atoms with Gasteiger partial charge in [-0.2, -0.15) is 9.59 Å². The molecule has 0 aromatic heterocycles. The fourth-order valence-corrected chi connectivity index (χ4v) is 2.82. The third-order valence-corrected chi connectivity index (χ3v) is 5.20. The number of aliphatic carboxylic acids is 3. The Labute approximate surface area is 219 Å². The van der Waals surface area contributed by atoms with Gasteiger partial charge in [-0.3, -0.25) is 0 Å². The van der Waals surface area contributed by atoms with Crippen LogP contribution in [0.3, 0.4) is 0 Å². The van der Waals surface area contributed by atoms with Crippen molar-refractivity contribution in [2.45, 2.75) is 119 Å². The van der Waals surface area contributed by atoms with E-state index < -0.39 is 17.9 Å². The molecule has 0 aliphatic carbocycles. The zero-order valence-corrected chi connectivity index (χ0v) is 23.5. The van der Waals surface area contributed by atoms with E-state index in [1.165, 1.54) is 0 Å². The molecular weight excluding hydrogens is 531 g/mol. The summed E-state index contributed by atoms with van der Waals surface area (Å²) in [5.74, 6) is -3.34. The average Bonchev–Trinajstić information content (AvgIpc) is 2.76. The van der Waals surface area contributed by atoms with Gasteiger partial charge in [-0.1, -0.05) is 80.1 Å². The number of hydrogen-bond donors (Lipinski definition) is 0. The third-order valence-electron chi connectivity index (χ3n) is 5.20. The van der Waals surface area contributed by atoms with Crippen molar-refractivity contribution in [3.63, 3.8) is 0 Å². The van der Waals surface area contributed by atoms with Gasteiger partial charge in [0.15, 0.2) is 0 Å². The van der Waals surface area contributed by atoms with Crippen molar-refractivity contribution in [3.05, 3.63) is 0 Å². The van der Waals surface area contributed by atoms with E-state index in [9.17, 15) is 29.7 Å². The maximum Gasteiger partial charge on any atom is 3.00 e. The Morgan fingerprint density at radius 3 is 0.824 bits per heavy atom. The molecule has 0 aliphatic rings. The summed E-state index contributed by atoms with van der Waals surface area (Å²) in [5.41, 5.74) is 0. The quantitative estimate of drug-likeness (QED) is 0.269. The number of unbranched alkanes of at least 4 members (excludes halogenated alkanes) is 3. The zero-order chi connectivity index (χ0) is 26.7. The topological polar surface area (TPSA) is 155 Å². The van der Waals surface area contributed by atoms with Crippen molar-refractivity contribution in [3.8, 4) is 0 Å². The number of carbonyl (C=O) groups is 3. The van der Waals surface area contributed by atoms with Crippen molar-refractivity contribution in [2.75, 3.05) is 0 Å². The molecule has 202 valence electrons. The minimum Gasteiger partial charge on any atom is -0.550 e. The Morgan fingerprint density at radius 2 is 0.735 bits per heavy atom. The average molecular weight is 577 g/mol. The van der Waals surface area contributed by atoms with Gasteiger partial charge in [-0.05, 0) is 56.3 Å². The van der Waals surface area contributed by atoms with Crippen LogP contribution in [-0.2, 0) is 43.5 Å². The van der Waals surface area contributed by atoms with Crippen LogP contribution in [0.15, 0.2) is 0 Å². The number of hydrogen-bond acceptors (Lipinski definition) is 8. The molecule has 0 saturated carbocycles. The molecule has 0 aromatic carbocycles. The maximum absolute atomic E-state index is 10.3. The molecule has 0 fully saturated rings. The summed E-state index contributed by atoms with van der Waals surface area (Å²) in [4.78, 5) is 47.2. The third kappa shape index (κ3) is 32.6. The molecule has 0 heterocycles. The minimum atomic E-state index is -0.893. The van der Waals surface area contributed by atoms with Gasteiger partial charge in [0.2, 0.25) is 0 Å². The maximum atomic E-state index is 10.3. The van der Waals surface area contributed by atoms with Gasteiger partial charge in [0.1, 0.15) is 0 Å². The minimum absolute atomic E-state index is 0. The summed E-state index contributed by atoms with van der Waals surface area (Å²) in [7, 11) is 0. The van der Waals surface area contributed by atoms with Gasteiger partial charge >= 0.3 is 25.6 Å². The molecule has 3 atom stereocenters. The molecule has 0 radical (unpaired) electrons. The monoisotopic (exact) mass is 576 g/mol. The number of rotatable bonds is 15. The van der Waals surface area contributed by atoms with Crippen LogP contribution in [0.2, 0.25) is 0 Å². The molecule has 34 heavy (non-hydrogen) atoms. The van der Waals surface area contributed by atoms with Crippen molar-refractivity contribution < 1.29 is 58.8 Å². The van der Waals surface area contributed by atoms with Crippen molar-refractivity contribution >= 4 is 24.1 Å². The number of carboxylic acid groups (broad SMARTS) is 3. The Morgan fingerprint density at radius 1 is 0.559 bits per heavy atom. The van der Waals surface area contributed by atoms with Crippen LogP contribution in [0.5, 0.6) is 0 Å². The molecule has 0 aliphatic heterocycles. The molecule has 0 spiro atoms. The Bertz CT molecular complexity index is 443. The first-order valence-corrected chi connectivity index (χ1v) is 12.2. The van der Waals surface area contributed by atoms with Crippen molar-refractivity contribution in [1.29, 1.82) is 0 Å². The summed E-state index contributed by atoms with van der Waals surface area (Å²) >= 11 is 0. The molecule has 0 amide bonds. The standard InChI is InChI=1S/3C8H16O2.CO2.Rh/c3*1-3-5-6-7(4-2)8(9)10;2-1-3;/h3*7H,3-6H2,1-2H3,(H,9,10);;/q;;;;+3/p-3. The van der Waals surface area contributed by atoms with E-state index in [-0.39, 0.29) is 43.4 Å². The molecular formula is C25H45O8Rh. The normalized spacial score (nSPS) is 11.7. The predicted molar refractivity (Wildman–Crippen MR) is 120 cm³/mol. The second-order valence-corrected chi connectivity index (χ2v) is 7.78. The molecule has 0 N–H and O–H groups in total. The van der Waals surface area contributed by atoms with E-state index in [4.69, 9.17) is 9.59 Å². The van der Waals surface area contributed by atoms with Crippen LogP contribution in [0.4, 0.5) is 0 Å². The number of carbonyl (C=O) groups excluding carboxylic acids is 5. The molecule has 0 bridgehead atoms. The Hall–Kier alpha value is -1.59. The molecule has 3 unspecified atom stereocenters. The predicted octanol–water partition coefficient (Wildman–Crippen LogP) is 2.27. The Kier molecular flexibility index (Phi) is 42.0. The van der Waals surface area contributed by atoms with Crippen LogP contribution in [0.1, 0.15) is 119 Å². The molecule has 0 saturated heterocycles. The van der Waals surface area contributed by atoms with Gasteiger partial charge in [-0.15, -0.1) is 0 Å².